The number of nitrogens with one attached hydrogen (secondary N) is 1. The van der Waals surface area contributed by atoms with Gasteiger partial charge >= 0.3 is 0 Å². The van der Waals surface area contributed by atoms with Crippen LogP contribution in [0.2, 0.25) is 0 Å². The molecule has 0 saturated carbocycles. The van der Waals surface area contributed by atoms with Crippen molar-refractivity contribution in [3.63, 3.8) is 0 Å². The lowest BCUT2D eigenvalue weighted by Crippen LogP contribution is -2.16. The molecule has 0 unspecified atom stereocenters. The molecule has 0 saturated heterocycles. The Bertz CT molecular complexity index is 619. The van der Waals surface area contributed by atoms with Crippen LogP contribution in [0.15, 0.2) is 12.3 Å². The molecule has 100 valence electrons. The van der Waals surface area contributed by atoms with E-state index >= 15 is 0 Å². The predicted molar refractivity (Wildman–Crippen MR) is 83.8 cm³/mol. The van der Waals surface area contributed by atoms with Gasteiger partial charge in [0.25, 0.3) is 0 Å². The number of thiazole rings is 1. The first-order chi connectivity index (χ1) is 8.97. The lowest BCUT2D eigenvalue weighted by Gasteiger charge is -2.13. The molecule has 0 radical (unpaired) electrons. The standard InChI is InChI=1S/C13H16N4S2/c1-7-4-8(2)17-13(11(7)12(14)18)16-6-10-15-5-9(3)19-10/h4-5H,6H2,1-3H3,(H2,14,18)(H,16,17). The molecular weight excluding hydrogens is 276 g/mol. The van der Waals surface area contributed by atoms with Crippen molar-refractivity contribution < 1.29 is 0 Å². The van der Waals surface area contributed by atoms with Crippen molar-refractivity contribution in [2.75, 3.05) is 5.32 Å². The van der Waals surface area contributed by atoms with Gasteiger partial charge in [0.2, 0.25) is 0 Å². The van der Waals surface area contributed by atoms with Crippen molar-refractivity contribution in [2.45, 2.75) is 27.3 Å². The molecule has 2 heterocycles. The van der Waals surface area contributed by atoms with Gasteiger partial charge < -0.3 is 11.1 Å². The zero-order valence-corrected chi connectivity index (χ0v) is 12.8. The molecule has 0 aliphatic rings. The summed E-state index contributed by atoms with van der Waals surface area (Å²) in [6, 6.07) is 1.98. The molecule has 0 aromatic carbocycles. The maximum atomic E-state index is 5.78. The molecule has 0 bridgehead atoms. The number of anilines is 1. The summed E-state index contributed by atoms with van der Waals surface area (Å²) in [5.74, 6) is 0.734. The molecular formula is C13H16N4S2. The third-order valence-corrected chi connectivity index (χ3v) is 3.78. The van der Waals surface area contributed by atoms with E-state index in [4.69, 9.17) is 18.0 Å². The third-order valence-electron chi connectivity index (χ3n) is 2.67. The summed E-state index contributed by atoms with van der Waals surface area (Å²) in [5.41, 5.74) is 8.57. The van der Waals surface area contributed by atoms with Gasteiger partial charge in [-0.15, -0.1) is 11.3 Å². The van der Waals surface area contributed by atoms with Gasteiger partial charge in [0, 0.05) is 16.8 Å². The molecule has 0 aliphatic carbocycles. The second-order valence-corrected chi connectivity index (χ2v) is 6.15. The minimum absolute atomic E-state index is 0.364. The Morgan fingerprint density at radius 2 is 2.16 bits per heavy atom. The van der Waals surface area contributed by atoms with E-state index in [0.717, 1.165) is 27.6 Å². The average Bonchev–Trinajstić information content (AvgIpc) is 2.71. The largest absolute Gasteiger partial charge is 0.389 e. The quantitative estimate of drug-likeness (QED) is 0.848. The minimum Gasteiger partial charge on any atom is -0.389 e. The van der Waals surface area contributed by atoms with E-state index in [1.165, 1.54) is 4.88 Å². The van der Waals surface area contributed by atoms with Crippen LogP contribution in [0, 0.1) is 20.8 Å². The zero-order chi connectivity index (χ0) is 14.0. The van der Waals surface area contributed by atoms with Crippen LogP contribution in [-0.2, 0) is 6.54 Å². The van der Waals surface area contributed by atoms with E-state index in [1.807, 2.05) is 33.0 Å². The number of nitrogens with two attached hydrogens (primary N) is 1. The molecule has 2 aromatic heterocycles. The van der Waals surface area contributed by atoms with E-state index in [1.54, 1.807) is 11.3 Å². The van der Waals surface area contributed by atoms with Crippen LogP contribution in [0.1, 0.15) is 26.7 Å². The summed E-state index contributed by atoms with van der Waals surface area (Å²) in [5, 5.41) is 4.30. The van der Waals surface area contributed by atoms with Crippen molar-refractivity contribution in [2.24, 2.45) is 5.73 Å². The van der Waals surface area contributed by atoms with Gasteiger partial charge in [-0.1, -0.05) is 12.2 Å². The number of rotatable bonds is 4. The second-order valence-electron chi connectivity index (χ2n) is 4.39. The summed E-state index contributed by atoms with van der Waals surface area (Å²) < 4.78 is 0. The number of nitrogens with zero attached hydrogens (tertiary/aromatic N) is 2. The number of hydrogen-bond acceptors (Lipinski definition) is 5. The van der Waals surface area contributed by atoms with Crippen molar-refractivity contribution in [1.29, 1.82) is 0 Å². The molecule has 3 N–H and O–H groups in total. The SMILES string of the molecule is Cc1cc(C)c(C(N)=S)c(NCc2ncc(C)s2)n1. The first kappa shape index (κ1) is 13.9. The summed E-state index contributed by atoms with van der Waals surface area (Å²) in [6.07, 6.45) is 1.87. The van der Waals surface area contributed by atoms with Gasteiger partial charge in [-0.05, 0) is 32.4 Å². The van der Waals surface area contributed by atoms with Crippen molar-refractivity contribution >= 4 is 34.4 Å². The number of pyridine rings is 1. The highest BCUT2D eigenvalue weighted by Gasteiger charge is 2.11. The van der Waals surface area contributed by atoms with Crippen molar-refractivity contribution in [1.82, 2.24) is 9.97 Å². The van der Waals surface area contributed by atoms with Crippen LogP contribution in [-0.4, -0.2) is 15.0 Å². The molecule has 0 amide bonds. The van der Waals surface area contributed by atoms with Gasteiger partial charge in [-0.3, -0.25) is 0 Å². The molecule has 2 rings (SSSR count). The molecule has 0 aliphatic heterocycles. The Morgan fingerprint density at radius 3 is 2.74 bits per heavy atom. The van der Waals surface area contributed by atoms with Crippen molar-refractivity contribution in [3.05, 3.63) is 39.0 Å². The van der Waals surface area contributed by atoms with Crippen LogP contribution in [0.4, 0.5) is 5.82 Å². The monoisotopic (exact) mass is 292 g/mol. The molecule has 4 nitrogen and oxygen atoms in total. The Morgan fingerprint density at radius 1 is 1.42 bits per heavy atom. The summed E-state index contributed by atoms with van der Waals surface area (Å²) >= 11 is 6.76. The number of aryl methyl sites for hydroxylation is 3. The molecule has 0 spiro atoms. The van der Waals surface area contributed by atoms with Gasteiger partial charge in [0.05, 0.1) is 12.1 Å². The lowest BCUT2D eigenvalue weighted by atomic mass is 10.1. The van der Waals surface area contributed by atoms with Crippen LogP contribution >= 0.6 is 23.6 Å². The predicted octanol–water partition coefficient (Wildman–Crippen LogP) is 2.71. The summed E-state index contributed by atoms with van der Waals surface area (Å²) in [6.45, 7) is 6.61. The summed E-state index contributed by atoms with van der Waals surface area (Å²) in [4.78, 5) is 10.3. The van der Waals surface area contributed by atoms with Crippen LogP contribution < -0.4 is 11.1 Å². The van der Waals surface area contributed by atoms with E-state index < -0.39 is 0 Å². The highest BCUT2D eigenvalue weighted by atomic mass is 32.1. The van der Waals surface area contributed by atoms with Crippen LogP contribution in [0.25, 0.3) is 0 Å². The number of aromatic nitrogens is 2. The van der Waals surface area contributed by atoms with Crippen molar-refractivity contribution in [3.8, 4) is 0 Å². The highest BCUT2D eigenvalue weighted by Crippen LogP contribution is 2.20. The van der Waals surface area contributed by atoms with Crippen LogP contribution in [0.3, 0.4) is 0 Å². The fraction of sp³-hybridized carbons (Fsp3) is 0.308. The molecule has 2 aromatic rings. The zero-order valence-electron chi connectivity index (χ0n) is 11.2. The Hall–Kier alpha value is -1.53. The highest BCUT2D eigenvalue weighted by molar-refractivity contribution is 7.80. The lowest BCUT2D eigenvalue weighted by molar-refractivity contribution is 1.05. The fourth-order valence-corrected chi connectivity index (χ4v) is 2.90. The second kappa shape index (κ2) is 5.63. The van der Waals surface area contributed by atoms with E-state index in [2.05, 4.69) is 15.3 Å². The molecule has 0 fully saturated rings. The Balaban J connectivity index is 2.26. The normalized spacial score (nSPS) is 10.5. The number of thiocarbonyl (C=S) groups is 1. The minimum atomic E-state index is 0.364. The smallest absolute Gasteiger partial charge is 0.137 e. The maximum absolute atomic E-state index is 5.78. The van der Waals surface area contributed by atoms with Gasteiger partial charge in [-0.25, -0.2) is 9.97 Å². The van der Waals surface area contributed by atoms with E-state index in [-0.39, 0.29) is 0 Å². The number of hydrogen-bond donors (Lipinski definition) is 2. The Labute approximate surface area is 122 Å². The topological polar surface area (TPSA) is 63.8 Å². The van der Waals surface area contributed by atoms with Gasteiger partial charge in [0.15, 0.2) is 0 Å². The third kappa shape index (κ3) is 3.27. The van der Waals surface area contributed by atoms with Crippen LogP contribution in [0.5, 0.6) is 0 Å². The molecule has 0 atom stereocenters. The first-order valence-corrected chi connectivity index (χ1v) is 7.13. The first-order valence-electron chi connectivity index (χ1n) is 5.90. The maximum Gasteiger partial charge on any atom is 0.137 e. The van der Waals surface area contributed by atoms with Gasteiger partial charge in [0.1, 0.15) is 15.8 Å². The average molecular weight is 292 g/mol. The Kier molecular flexibility index (Phi) is 4.11. The van der Waals surface area contributed by atoms with E-state index in [9.17, 15) is 0 Å². The van der Waals surface area contributed by atoms with E-state index in [0.29, 0.717) is 11.5 Å². The molecule has 6 heteroatoms. The molecule has 19 heavy (non-hydrogen) atoms. The fourth-order valence-electron chi connectivity index (χ4n) is 1.92. The summed E-state index contributed by atoms with van der Waals surface area (Å²) in [7, 11) is 0. The van der Waals surface area contributed by atoms with Gasteiger partial charge in [-0.2, -0.15) is 0 Å².